The molecule has 1 aromatic heterocycles. The van der Waals surface area contributed by atoms with Crippen molar-refractivity contribution >= 4 is 44.2 Å². The van der Waals surface area contributed by atoms with Gasteiger partial charge in [0.1, 0.15) is 5.82 Å². The summed E-state index contributed by atoms with van der Waals surface area (Å²) in [4.78, 5) is 26.6. The largest absolute Gasteiger partial charge is 0.369 e. The highest BCUT2D eigenvalue weighted by Gasteiger charge is 2.14. The summed E-state index contributed by atoms with van der Waals surface area (Å²) < 4.78 is 14.2. The van der Waals surface area contributed by atoms with E-state index < -0.39 is 17.6 Å². The van der Waals surface area contributed by atoms with Gasteiger partial charge in [-0.2, -0.15) is 0 Å². The molecule has 3 N–H and O–H groups in total. The van der Waals surface area contributed by atoms with Gasteiger partial charge in [0.2, 0.25) is 5.91 Å². The Morgan fingerprint density at radius 3 is 2.85 bits per heavy atom. The first-order valence-corrected chi connectivity index (χ1v) is 7.12. The molecule has 8 heteroatoms. The number of carbonyl (C=O) groups is 2. The average Bonchev–Trinajstić information content (AvgIpc) is 2.75. The number of thiazole rings is 1. The fraction of sp³-hybridized carbons (Fsp3) is 0.0833. The number of amides is 2. The van der Waals surface area contributed by atoms with Gasteiger partial charge in [-0.3, -0.25) is 14.9 Å². The van der Waals surface area contributed by atoms with E-state index in [1.165, 1.54) is 12.1 Å². The lowest BCUT2D eigenvalue weighted by molar-refractivity contribution is -0.117. The number of hydrogen-bond donors (Lipinski definition) is 2. The summed E-state index contributed by atoms with van der Waals surface area (Å²) in [5.74, 6) is -1.74. The summed E-state index contributed by atoms with van der Waals surface area (Å²) >= 11 is 4.25. The maximum Gasteiger partial charge on any atom is 0.260 e. The van der Waals surface area contributed by atoms with Crippen LogP contribution in [0.15, 0.2) is 28.1 Å². The van der Waals surface area contributed by atoms with E-state index in [0.29, 0.717) is 10.2 Å². The van der Waals surface area contributed by atoms with E-state index in [4.69, 9.17) is 5.73 Å². The molecule has 0 aliphatic carbocycles. The normalized spacial score (nSPS) is 10.3. The molecule has 0 saturated carbocycles. The number of nitrogens with zero attached hydrogens (tertiary/aromatic N) is 1. The molecule has 20 heavy (non-hydrogen) atoms. The number of nitrogens with two attached hydrogens (primary N) is 1. The Hall–Kier alpha value is -1.80. The first-order valence-electron chi connectivity index (χ1n) is 5.45. The number of anilines is 1. The van der Waals surface area contributed by atoms with Crippen LogP contribution in [0.2, 0.25) is 0 Å². The number of nitrogens with one attached hydrogen (secondary N) is 1. The molecule has 1 heterocycles. The minimum Gasteiger partial charge on any atom is -0.369 e. The van der Waals surface area contributed by atoms with Gasteiger partial charge in [-0.05, 0) is 18.2 Å². The van der Waals surface area contributed by atoms with E-state index in [1.54, 1.807) is 11.4 Å². The molecule has 0 fully saturated rings. The van der Waals surface area contributed by atoms with Gasteiger partial charge >= 0.3 is 0 Å². The van der Waals surface area contributed by atoms with Crippen molar-refractivity contribution in [1.82, 2.24) is 4.98 Å². The number of rotatable bonds is 4. The molecular formula is C12H9BrFN3O2S. The fourth-order valence-electron chi connectivity index (χ4n) is 1.46. The molecule has 0 unspecified atom stereocenters. The van der Waals surface area contributed by atoms with Crippen molar-refractivity contribution in [2.45, 2.75) is 6.42 Å². The molecule has 0 atom stereocenters. The minimum absolute atomic E-state index is 0.000977. The van der Waals surface area contributed by atoms with Crippen molar-refractivity contribution in [3.05, 3.63) is 45.1 Å². The predicted molar refractivity (Wildman–Crippen MR) is 77.1 cm³/mol. The van der Waals surface area contributed by atoms with Crippen LogP contribution >= 0.6 is 27.3 Å². The van der Waals surface area contributed by atoms with E-state index in [2.05, 4.69) is 26.2 Å². The number of carbonyl (C=O) groups excluding carboxylic acids is 2. The van der Waals surface area contributed by atoms with E-state index >= 15 is 0 Å². The summed E-state index contributed by atoms with van der Waals surface area (Å²) in [6, 6.07) is 4.14. The first-order chi connectivity index (χ1) is 9.45. The van der Waals surface area contributed by atoms with Crippen LogP contribution in [0.4, 0.5) is 9.52 Å². The third-order valence-electron chi connectivity index (χ3n) is 2.30. The zero-order valence-corrected chi connectivity index (χ0v) is 12.4. The smallest absolute Gasteiger partial charge is 0.260 e. The maximum absolute atomic E-state index is 13.6. The van der Waals surface area contributed by atoms with Gasteiger partial charge in [0.25, 0.3) is 5.91 Å². The van der Waals surface area contributed by atoms with Crippen LogP contribution in [0.25, 0.3) is 0 Å². The predicted octanol–water partition coefficient (Wildman–Crippen LogP) is 2.32. The Bertz CT molecular complexity index is 674. The zero-order valence-electron chi connectivity index (χ0n) is 10.0. The van der Waals surface area contributed by atoms with Gasteiger partial charge in [0, 0.05) is 9.85 Å². The van der Waals surface area contributed by atoms with Gasteiger partial charge in [0.05, 0.1) is 17.7 Å². The standard InChI is InChI=1S/C12H9BrFN3O2S/c13-6-1-2-8(9(14)3-6)11(19)17-12-16-7(5-20-12)4-10(15)18/h1-3,5H,4H2,(H2,15,18)(H,16,17,19). The van der Waals surface area contributed by atoms with E-state index in [1.807, 2.05) is 0 Å². The average molecular weight is 358 g/mol. The molecule has 0 bridgehead atoms. The Balaban J connectivity index is 2.11. The van der Waals surface area contributed by atoms with Gasteiger partial charge in [-0.1, -0.05) is 15.9 Å². The second-order valence-electron chi connectivity index (χ2n) is 3.87. The Morgan fingerprint density at radius 1 is 1.45 bits per heavy atom. The molecule has 2 rings (SSSR count). The summed E-state index contributed by atoms with van der Waals surface area (Å²) in [6.45, 7) is 0. The summed E-state index contributed by atoms with van der Waals surface area (Å²) in [7, 11) is 0. The molecule has 0 radical (unpaired) electrons. The molecule has 2 aromatic rings. The van der Waals surface area contributed by atoms with Crippen molar-refractivity contribution in [3.63, 3.8) is 0 Å². The van der Waals surface area contributed by atoms with Crippen LogP contribution in [0.3, 0.4) is 0 Å². The van der Waals surface area contributed by atoms with Crippen molar-refractivity contribution in [2.75, 3.05) is 5.32 Å². The molecule has 104 valence electrons. The Morgan fingerprint density at radius 2 is 2.20 bits per heavy atom. The monoisotopic (exact) mass is 357 g/mol. The lowest BCUT2D eigenvalue weighted by atomic mass is 10.2. The van der Waals surface area contributed by atoms with Crippen LogP contribution in [0.1, 0.15) is 16.1 Å². The van der Waals surface area contributed by atoms with Crippen LogP contribution in [-0.4, -0.2) is 16.8 Å². The third kappa shape index (κ3) is 3.61. The highest BCUT2D eigenvalue weighted by Crippen LogP contribution is 2.19. The number of benzene rings is 1. The number of aromatic nitrogens is 1. The van der Waals surface area contributed by atoms with Crippen molar-refractivity contribution < 1.29 is 14.0 Å². The molecule has 0 saturated heterocycles. The molecule has 0 aliphatic heterocycles. The Labute approximate surface area is 126 Å². The topological polar surface area (TPSA) is 85.1 Å². The second-order valence-corrected chi connectivity index (χ2v) is 5.64. The molecule has 0 spiro atoms. The van der Waals surface area contributed by atoms with Crippen LogP contribution < -0.4 is 11.1 Å². The number of halogens is 2. The molecule has 5 nitrogen and oxygen atoms in total. The lowest BCUT2D eigenvalue weighted by Crippen LogP contribution is -2.15. The van der Waals surface area contributed by atoms with Crippen molar-refractivity contribution in [3.8, 4) is 0 Å². The summed E-state index contributed by atoms with van der Waals surface area (Å²) in [6.07, 6.45) is -0.000977. The van der Waals surface area contributed by atoms with Crippen LogP contribution in [0.5, 0.6) is 0 Å². The zero-order chi connectivity index (χ0) is 14.7. The molecule has 2 amide bonds. The fourth-order valence-corrected chi connectivity index (χ4v) is 2.50. The SMILES string of the molecule is NC(=O)Cc1csc(NC(=O)c2ccc(Br)cc2F)n1. The number of primary amides is 1. The van der Waals surface area contributed by atoms with Gasteiger partial charge in [0.15, 0.2) is 5.13 Å². The van der Waals surface area contributed by atoms with Crippen molar-refractivity contribution in [2.24, 2.45) is 5.73 Å². The second kappa shape index (κ2) is 6.10. The van der Waals surface area contributed by atoms with E-state index in [9.17, 15) is 14.0 Å². The maximum atomic E-state index is 13.6. The summed E-state index contributed by atoms with van der Waals surface area (Å²) in [5, 5.41) is 4.37. The van der Waals surface area contributed by atoms with Gasteiger partial charge in [-0.15, -0.1) is 11.3 Å². The van der Waals surface area contributed by atoms with E-state index in [0.717, 1.165) is 11.3 Å². The Kier molecular flexibility index (Phi) is 4.46. The van der Waals surface area contributed by atoms with Crippen LogP contribution in [-0.2, 0) is 11.2 Å². The highest BCUT2D eigenvalue weighted by molar-refractivity contribution is 9.10. The molecular weight excluding hydrogens is 349 g/mol. The first kappa shape index (κ1) is 14.6. The molecule has 1 aromatic carbocycles. The highest BCUT2D eigenvalue weighted by atomic mass is 79.9. The van der Waals surface area contributed by atoms with Crippen LogP contribution in [0, 0.1) is 5.82 Å². The summed E-state index contributed by atoms with van der Waals surface area (Å²) in [5.41, 5.74) is 5.43. The minimum atomic E-state index is -0.634. The van der Waals surface area contributed by atoms with E-state index in [-0.39, 0.29) is 17.1 Å². The van der Waals surface area contributed by atoms with Gasteiger partial charge in [-0.25, -0.2) is 9.37 Å². The quantitative estimate of drug-likeness (QED) is 0.880. The van der Waals surface area contributed by atoms with Crippen molar-refractivity contribution in [1.29, 1.82) is 0 Å². The lowest BCUT2D eigenvalue weighted by Gasteiger charge is -2.03. The third-order valence-corrected chi connectivity index (χ3v) is 3.60. The molecule has 0 aliphatic rings. The van der Waals surface area contributed by atoms with Gasteiger partial charge < -0.3 is 5.73 Å². The number of hydrogen-bond acceptors (Lipinski definition) is 4.